The predicted molar refractivity (Wildman–Crippen MR) is 204 cm³/mol. The summed E-state index contributed by atoms with van der Waals surface area (Å²) in [6, 6.07) is -1.24. The van der Waals surface area contributed by atoms with Gasteiger partial charge in [0.2, 0.25) is 5.91 Å². The maximum atomic E-state index is 13.8. The molecule has 15 nitrogen and oxygen atoms in total. The second kappa shape index (κ2) is 21.6. The third-order valence-electron chi connectivity index (χ3n) is 8.71. The van der Waals surface area contributed by atoms with Gasteiger partial charge in [-0.3, -0.25) is 19.6 Å². The van der Waals surface area contributed by atoms with E-state index in [0.717, 1.165) is 23.8 Å². The Morgan fingerprint density at radius 3 is 2.31 bits per heavy atom. The van der Waals surface area contributed by atoms with E-state index in [1.54, 1.807) is 76.4 Å². The molecule has 0 radical (unpaired) electrons. The summed E-state index contributed by atoms with van der Waals surface area (Å²) in [6.45, 7) is 11.4. The number of hydrogen-bond acceptors (Lipinski definition) is 12. The van der Waals surface area contributed by atoms with Crippen LogP contribution >= 0.6 is 0 Å². The number of likely N-dealkylation sites (N-methyl/N-ethyl adjacent to an activating group) is 1. The lowest BCUT2D eigenvalue weighted by atomic mass is 9.81. The maximum absolute atomic E-state index is 13.8. The number of esters is 1. The van der Waals surface area contributed by atoms with Crippen LogP contribution in [0.2, 0.25) is 0 Å². The fourth-order valence-electron chi connectivity index (χ4n) is 5.18. The van der Waals surface area contributed by atoms with Crippen LogP contribution in [0.15, 0.2) is 114 Å². The van der Waals surface area contributed by atoms with Gasteiger partial charge in [-0.1, -0.05) is 79.5 Å². The van der Waals surface area contributed by atoms with Gasteiger partial charge in [0.1, 0.15) is 12.4 Å². The first-order valence-corrected chi connectivity index (χ1v) is 17.4. The topological polar surface area (TPSA) is 190 Å². The van der Waals surface area contributed by atoms with Crippen LogP contribution in [0.5, 0.6) is 0 Å². The lowest BCUT2D eigenvalue weighted by Gasteiger charge is -2.39. The van der Waals surface area contributed by atoms with Crippen molar-refractivity contribution >= 4 is 23.7 Å². The zero-order chi connectivity index (χ0) is 41.2. The van der Waals surface area contributed by atoms with Crippen LogP contribution in [0, 0.1) is 5.41 Å². The van der Waals surface area contributed by atoms with Gasteiger partial charge in [-0.15, -0.1) is 0 Å². The van der Waals surface area contributed by atoms with Gasteiger partial charge in [-0.2, -0.15) is 5.06 Å². The first-order valence-electron chi connectivity index (χ1n) is 17.4. The maximum Gasteiger partial charge on any atom is 0.331 e. The Bertz CT molecular complexity index is 1670. The monoisotopic (exact) mass is 766 g/mol. The summed E-state index contributed by atoms with van der Waals surface area (Å²) in [7, 11) is 3.79. The molecule has 15 heteroatoms. The third kappa shape index (κ3) is 12.7. The predicted octanol–water partition coefficient (Wildman–Crippen LogP) is 3.90. The largest absolute Gasteiger partial charge is 0.467 e. The van der Waals surface area contributed by atoms with Gasteiger partial charge >= 0.3 is 5.97 Å². The molecule has 300 valence electrons. The van der Waals surface area contributed by atoms with E-state index < -0.39 is 59.6 Å². The van der Waals surface area contributed by atoms with E-state index in [1.807, 2.05) is 18.2 Å². The van der Waals surface area contributed by atoms with Crippen LogP contribution in [0.4, 0.5) is 0 Å². The van der Waals surface area contributed by atoms with Crippen LogP contribution in [0.3, 0.4) is 0 Å². The summed E-state index contributed by atoms with van der Waals surface area (Å²) >= 11 is 0. The Hall–Kier alpha value is -5.19. The quantitative estimate of drug-likeness (QED) is 0.0434. The minimum Gasteiger partial charge on any atom is -0.467 e. The van der Waals surface area contributed by atoms with E-state index >= 15 is 0 Å². The Morgan fingerprint density at radius 2 is 1.71 bits per heavy atom. The van der Waals surface area contributed by atoms with Crippen LogP contribution < -0.4 is 5.32 Å². The van der Waals surface area contributed by atoms with E-state index in [2.05, 4.69) is 16.9 Å². The first kappa shape index (κ1) is 46.0. The number of aliphatic hydroxyl groups is 1. The highest BCUT2D eigenvalue weighted by Gasteiger charge is 2.60. The molecule has 5 unspecified atom stereocenters. The number of oxazole rings is 1. The number of aromatic nitrogens is 1. The van der Waals surface area contributed by atoms with Gasteiger partial charge in [0.15, 0.2) is 18.2 Å². The van der Waals surface area contributed by atoms with Crippen molar-refractivity contribution in [2.75, 3.05) is 34.4 Å². The number of hydroxylamine groups is 2. The standard InChI is InChI=1S/C40H54N4O11/c1-10-39(6)54-27-40(55-39,37(49)43(7)33(30(3)51-8)35(47)52-9)44(50)32(45)24-20-14-12-11-13-17-21-25-42-36(48)38(4,5)34(46)29(2)22-18-15-16-19-23-31-26-41-28-53-31/h10-22,24,26,28,30,33-34,46,50H,1,23,25,27H2,2-9H3,(H,42,48)/b13-11+,14-12+,18-15-,19-16+,21-17-,24-20+,29-22-. The molecule has 1 saturated heterocycles. The molecule has 1 aliphatic rings. The SMILES string of the molecule is C=CC1(C)OCC(C(=O)N(C)C(C(=O)OC)C(C)OC)(N(O)C(=O)/C=C/C=C/C=C/C=C\CNC(=O)C(C)(C)C(O)\C(C)=C/C=C\C=C\Cc2cnco2)O1. The van der Waals surface area contributed by atoms with E-state index in [9.17, 15) is 29.5 Å². The molecule has 1 aromatic rings. The molecule has 0 bridgehead atoms. The Balaban J connectivity index is 1.95. The minimum atomic E-state index is -2.37. The number of aliphatic hydroxyl groups excluding tert-OH is 1. The van der Waals surface area contributed by atoms with Crippen LogP contribution in [-0.4, -0.2) is 113 Å². The number of nitrogens with zero attached hydrogens (tertiary/aromatic N) is 3. The third-order valence-corrected chi connectivity index (χ3v) is 8.71. The summed E-state index contributed by atoms with van der Waals surface area (Å²) in [4.78, 5) is 57.1. The molecule has 0 spiro atoms. The molecule has 0 aromatic carbocycles. The van der Waals surface area contributed by atoms with Crippen molar-refractivity contribution in [1.29, 1.82) is 0 Å². The van der Waals surface area contributed by atoms with Gasteiger partial charge in [-0.25, -0.2) is 9.78 Å². The second-order valence-electron chi connectivity index (χ2n) is 13.2. The van der Waals surface area contributed by atoms with Crippen molar-refractivity contribution in [2.24, 2.45) is 5.41 Å². The summed E-state index contributed by atoms with van der Waals surface area (Å²) in [5, 5.41) is 24.8. The number of nitrogens with one attached hydrogen (secondary N) is 1. The highest BCUT2D eigenvalue weighted by atomic mass is 16.8. The summed E-state index contributed by atoms with van der Waals surface area (Å²) in [5.74, 6) is -3.88. The van der Waals surface area contributed by atoms with Gasteiger partial charge < -0.3 is 38.7 Å². The van der Waals surface area contributed by atoms with Crippen molar-refractivity contribution < 1.29 is 52.9 Å². The van der Waals surface area contributed by atoms with Crippen molar-refractivity contribution in [3.8, 4) is 0 Å². The first-order chi connectivity index (χ1) is 26.0. The number of allylic oxidation sites excluding steroid dienone is 11. The number of hydrogen-bond donors (Lipinski definition) is 3. The average molecular weight is 767 g/mol. The number of ether oxygens (including phenoxy) is 4. The number of rotatable bonds is 20. The lowest BCUT2D eigenvalue weighted by Crippen LogP contribution is -2.65. The van der Waals surface area contributed by atoms with Crippen molar-refractivity contribution in [2.45, 2.75) is 70.8 Å². The lowest BCUT2D eigenvalue weighted by molar-refractivity contribution is -0.264. The molecule has 2 heterocycles. The van der Waals surface area contributed by atoms with Crippen LogP contribution in [0.25, 0.3) is 0 Å². The molecule has 1 aliphatic heterocycles. The Kier molecular flexibility index (Phi) is 18.1. The zero-order valence-electron chi connectivity index (χ0n) is 32.7. The fraction of sp³-hybridized carbons (Fsp3) is 0.425. The molecule has 1 fully saturated rings. The van der Waals surface area contributed by atoms with Crippen molar-refractivity contribution in [1.82, 2.24) is 20.3 Å². The molecule has 0 aliphatic carbocycles. The molecule has 3 amide bonds. The van der Waals surface area contributed by atoms with Gasteiger partial charge in [0.05, 0.1) is 30.9 Å². The molecule has 0 saturated carbocycles. The number of carbonyl (C=O) groups is 4. The highest BCUT2D eigenvalue weighted by molar-refractivity contribution is 5.96. The highest BCUT2D eigenvalue weighted by Crippen LogP contribution is 2.36. The molecular formula is C40H54N4O11. The van der Waals surface area contributed by atoms with E-state index in [4.69, 9.17) is 23.4 Å². The van der Waals surface area contributed by atoms with Gasteiger partial charge in [0.25, 0.3) is 17.5 Å². The van der Waals surface area contributed by atoms with Crippen molar-refractivity contribution in [3.63, 3.8) is 0 Å². The number of methoxy groups -OCH3 is 2. The minimum absolute atomic E-state index is 0.112. The van der Waals surface area contributed by atoms with Crippen molar-refractivity contribution in [3.05, 3.63) is 116 Å². The number of amides is 3. The van der Waals surface area contributed by atoms with E-state index in [-0.39, 0.29) is 17.5 Å². The van der Waals surface area contributed by atoms with E-state index in [1.165, 1.54) is 45.7 Å². The molecule has 2 rings (SSSR count). The van der Waals surface area contributed by atoms with Crippen LogP contribution in [0.1, 0.15) is 40.4 Å². The average Bonchev–Trinajstić information content (AvgIpc) is 3.84. The summed E-state index contributed by atoms with van der Waals surface area (Å²) in [5.41, 5.74) is -2.83. The molecule has 3 N–H and O–H groups in total. The Labute approximate surface area is 322 Å². The molecular weight excluding hydrogens is 712 g/mol. The summed E-state index contributed by atoms with van der Waals surface area (Å²) in [6.07, 6.45) is 24.5. The molecule has 55 heavy (non-hydrogen) atoms. The molecule has 1 aromatic heterocycles. The van der Waals surface area contributed by atoms with Gasteiger partial charge in [0, 0.05) is 33.2 Å². The fourth-order valence-corrected chi connectivity index (χ4v) is 5.18. The zero-order valence-corrected chi connectivity index (χ0v) is 32.7. The summed E-state index contributed by atoms with van der Waals surface area (Å²) < 4.78 is 26.7. The smallest absolute Gasteiger partial charge is 0.331 e. The van der Waals surface area contributed by atoms with Gasteiger partial charge in [-0.05, 0) is 46.3 Å². The Morgan fingerprint density at radius 1 is 1.07 bits per heavy atom. The van der Waals surface area contributed by atoms with Crippen LogP contribution in [-0.2, 0) is 44.5 Å². The van der Waals surface area contributed by atoms with E-state index in [0.29, 0.717) is 12.0 Å². The molecule has 5 atom stereocenters. The number of carbonyl (C=O) groups excluding carboxylic acids is 4. The normalized spacial score (nSPS) is 21.2. The second-order valence-corrected chi connectivity index (χ2v) is 13.2.